The Kier molecular flexibility index (Phi) is 8.88. The molecule has 38 heavy (non-hydrogen) atoms. The van der Waals surface area contributed by atoms with Crippen LogP contribution in [0.2, 0.25) is 0 Å². The highest BCUT2D eigenvalue weighted by Gasteiger charge is 2.49. The molecule has 2 aromatic carbocycles. The molecular weight excluding hydrogens is 475 g/mol. The van der Waals surface area contributed by atoms with Crippen LogP contribution in [-0.2, 0) is 11.8 Å². The Morgan fingerprint density at radius 3 is 2.16 bits per heavy atom. The molecule has 0 saturated heterocycles. The number of ether oxygens (including phenoxy) is 1. The van der Waals surface area contributed by atoms with Gasteiger partial charge in [-0.05, 0) is 97.9 Å². The van der Waals surface area contributed by atoms with Crippen LogP contribution in [0.4, 0.5) is 4.39 Å². The Bertz CT molecular complexity index is 1230. The van der Waals surface area contributed by atoms with Crippen LogP contribution in [0.15, 0.2) is 30.3 Å². The van der Waals surface area contributed by atoms with Gasteiger partial charge in [-0.2, -0.15) is 10.5 Å². The van der Waals surface area contributed by atoms with Crippen molar-refractivity contribution >= 4 is 5.97 Å². The van der Waals surface area contributed by atoms with Crippen molar-refractivity contribution in [2.45, 2.75) is 109 Å². The zero-order valence-corrected chi connectivity index (χ0v) is 22.9. The summed E-state index contributed by atoms with van der Waals surface area (Å²) >= 11 is 0. The molecule has 3 saturated carbocycles. The largest absolute Gasteiger partial charge is 0.421 e. The third-order valence-electron chi connectivity index (χ3n) is 9.22. The molecule has 2 bridgehead atoms. The SMILES string of the molecule is CCCCCc1ccc(OC(=O)c2ccc(C34CCC(CCCCC)(CC3)CC4)c(F)c2)c(C#N)c1C#N. The fraction of sp³-hybridized carbons (Fsp3) is 0.545. The Morgan fingerprint density at radius 2 is 1.55 bits per heavy atom. The van der Waals surface area contributed by atoms with Gasteiger partial charge >= 0.3 is 5.97 Å². The van der Waals surface area contributed by atoms with Crippen molar-refractivity contribution in [1.82, 2.24) is 0 Å². The molecule has 3 fully saturated rings. The molecule has 4 nitrogen and oxygen atoms in total. The van der Waals surface area contributed by atoms with Crippen molar-refractivity contribution in [2.75, 3.05) is 0 Å². The molecular formula is C33H39FN2O2. The van der Waals surface area contributed by atoms with Crippen molar-refractivity contribution in [3.05, 3.63) is 64.0 Å². The van der Waals surface area contributed by atoms with Gasteiger partial charge in [0.15, 0.2) is 0 Å². The number of rotatable bonds is 11. The summed E-state index contributed by atoms with van der Waals surface area (Å²) in [5, 5.41) is 19.4. The summed E-state index contributed by atoms with van der Waals surface area (Å²) in [5.41, 5.74) is 2.22. The number of nitriles is 2. The van der Waals surface area contributed by atoms with E-state index in [0.29, 0.717) is 11.8 Å². The summed E-state index contributed by atoms with van der Waals surface area (Å²) in [7, 11) is 0. The quantitative estimate of drug-likeness (QED) is 0.171. The molecule has 0 heterocycles. The van der Waals surface area contributed by atoms with Crippen LogP contribution in [0.3, 0.4) is 0 Å². The normalized spacial score (nSPS) is 22.0. The van der Waals surface area contributed by atoms with E-state index in [4.69, 9.17) is 4.74 Å². The molecule has 3 aliphatic rings. The minimum absolute atomic E-state index is 0.0374. The third kappa shape index (κ3) is 5.63. The van der Waals surface area contributed by atoms with Gasteiger partial charge in [-0.25, -0.2) is 9.18 Å². The second-order valence-corrected chi connectivity index (χ2v) is 11.5. The van der Waals surface area contributed by atoms with E-state index in [0.717, 1.165) is 68.9 Å². The van der Waals surface area contributed by atoms with Gasteiger partial charge in [-0.1, -0.05) is 58.1 Å². The van der Waals surface area contributed by atoms with Gasteiger partial charge in [0.1, 0.15) is 29.3 Å². The van der Waals surface area contributed by atoms with Crippen molar-refractivity contribution in [1.29, 1.82) is 10.5 Å². The van der Waals surface area contributed by atoms with Crippen LogP contribution in [0, 0.1) is 33.9 Å². The first kappa shape index (κ1) is 27.8. The molecule has 200 valence electrons. The Labute approximate surface area is 226 Å². The number of fused-ring (bicyclic) bond motifs is 3. The summed E-state index contributed by atoms with van der Waals surface area (Å²) < 4.78 is 21.0. The van der Waals surface area contributed by atoms with E-state index in [9.17, 15) is 15.3 Å². The monoisotopic (exact) mass is 514 g/mol. The molecule has 0 radical (unpaired) electrons. The summed E-state index contributed by atoms with van der Waals surface area (Å²) in [4.78, 5) is 13.0. The zero-order valence-electron chi connectivity index (χ0n) is 22.9. The number of hydrogen-bond donors (Lipinski definition) is 0. The Morgan fingerprint density at radius 1 is 0.895 bits per heavy atom. The molecule has 2 aromatic rings. The molecule has 5 rings (SSSR count). The van der Waals surface area contributed by atoms with E-state index in [2.05, 4.69) is 19.9 Å². The standard InChI is InChI=1S/C33H39FN2O2/c1-3-5-7-9-24-11-13-30(27(23-36)26(24)22-35)38-31(37)25-10-12-28(29(34)21-25)33-18-15-32(16-19-33,17-20-33)14-8-6-4-2/h10-13,21H,3-9,14-20H2,1-2H3. The maximum atomic E-state index is 15.5. The summed E-state index contributed by atoms with van der Waals surface area (Å²) in [6.07, 6.45) is 15.3. The summed E-state index contributed by atoms with van der Waals surface area (Å²) in [6, 6.07) is 12.1. The second-order valence-electron chi connectivity index (χ2n) is 11.5. The fourth-order valence-corrected chi connectivity index (χ4v) is 6.75. The summed E-state index contributed by atoms with van der Waals surface area (Å²) in [6.45, 7) is 4.34. The average Bonchev–Trinajstić information content (AvgIpc) is 2.94. The van der Waals surface area contributed by atoms with Crippen LogP contribution in [-0.4, -0.2) is 5.97 Å². The van der Waals surface area contributed by atoms with Gasteiger partial charge in [-0.3, -0.25) is 0 Å². The predicted molar refractivity (Wildman–Crippen MR) is 146 cm³/mol. The van der Waals surface area contributed by atoms with E-state index in [1.807, 2.05) is 6.07 Å². The number of carbonyl (C=O) groups is 1. The molecule has 0 N–H and O–H groups in total. The lowest BCUT2D eigenvalue weighted by Crippen LogP contribution is -2.44. The van der Waals surface area contributed by atoms with Gasteiger partial charge < -0.3 is 4.74 Å². The van der Waals surface area contributed by atoms with Crippen LogP contribution in [0.1, 0.15) is 130 Å². The van der Waals surface area contributed by atoms with Gasteiger partial charge in [0.25, 0.3) is 0 Å². The van der Waals surface area contributed by atoms with Crippen molar-refractivity contribution in [3.8, 4) is 17.9 Å². The van der Waals surface area contributed by atoms with Gasteiger partial charge in [-0.15, -0.1) is 0 Å². The van der Waals surface area contributed by atoms with E-state index in [-0.39, 0.29) is 33.7 Å². The second kappa shape index (κ2) is 12.1. The molecule has 0 spiro atoms. The molecule has 3 aliphatic carbocycles. The fourth-order valence-electron chi connectivity index (χ4n) is 6.75. The zero-order chi connectivity index (χ0) is 27.2. The first-order valence-corrected chi connectivity index (χ1v) is 14.4. The highest BCUT2D eigenvalue weighted by molar-refractivity contribution is 5.91. The van der Waals surface area contributed by atoms with Crippen LogP contribution < -0.4 is 4.74 Å². The van der Waals surface area contributed by atoms with Gasteiger partial charge in [0.2, 0.25) is 0 Å². The van der Waals surface area contributed by atoms with E-state index in [1.54, 1.807) is 24.3 Å². The minimum atomic E-state index is -0.727. The summed E-state index contributed by atoms with van der Waals surface area (Å²) in [5.74, 6) is -1.05. The van der Waals surface area contributed by atoms with Crippen molar-refractivity contribution < 1.29 is 13.9 Å². The first-order valence-electron chi connectivity index (χ1n) is 14.4. The average molecular weight is 515 g/mol. The van der Waals surface area contributed by atoms with Crippen LogP contribution in [0.25, 0.3) is 0 Å². The lowest BCUT2D eigenvalue weighted by atomic mass is 9.51. The number of carbonyl (C=O) groups excluding carboxylic acids is 1. The smallest absolute Gasteiger partial charge is 0.343 e. The molecule has 0 amide bonds. The van der Waals surface area contributed by atoms with E-state index in [1.165, 1.54) is 31.7 Å². The molecule has 0 aromatic heterocycles. The minimum Gasteiger partial charge on any atom is -0.421 e. The first-order chi connectivity index (χ1) is 18.4. The third-order valence-corrected chi connectivity index (χ3v) is 9.22. The number of halogens is 1. The molecule has 5 heteroatoms. The molecule has 0 unspecified atom stereocenters. The molecule has 0 aliphatic heterocycles. The highest BCUT2D eigenvalue weighted by Crippen LogP contribution is 2.59. The number of aryl methyl sites for hydroxylation is 1. The number of benzene rings is 2. The van der Waals surface area contributed by atoms with Crippen LogP contribution >= 0.6 is 0 Å². The van der Waals surface area contributed by atoms with E-state index >= 15 is 4.39 Å². The van der Waals surface area contributed by atoms with Crippen molar-refractivity contribution in [2.24, 2.45) is 5.41 Å². The van der Waals surface area contributed by atoms with Gasteiger partial charge in [0.05, 0.1) is 11.1 Å². The van der Waals surface area contributed by atoms with Gasteiger partial charge in [0, 0.05) is 0 Å². The Hall–Kier alpha value is -3.18. The highest BCUT2D eigenvalue weighted by atomic mass is 19.1. The Balaban J connectivity index is 1.48. The maximum absolute atomic E-state index is 15.5. The topological polar surface area (TPSA) is 73.9 Å². The van der Waals surface area contributed by atoms with Crippen LogP contribution in [0.5, 0.6) is 5.75 Å². The number of esters is 1. The number of hydrogen-bond acceptors (Lipinski definition) is 4. The lowest BCUT2D eigenvalue weighted by molar-refractivity contribution is 0.0289. The van der Waals surface area contributed by atoms with E-state index < -0.39 is 5.97 Å². The number of unbranched alkanes of at least 4 members (excludes halogenated alkanes) is 4. The predicted octanol–water partition coefficient (Wildman–Crippen LogP) is 8.69. The van der Waals surface area contributed by atoms with Crippen molar-refractivity contribution in [3.63, 3.8) is 0 Å². The maximum Gasteiger partial charge on any atom is 0.343 e. The lowest BCUT2D eigenvalue weighted by Gasteiger charge is -2.54. The molecule has 0 atom stereocenters. The number of nitrogens with zero attached hydrogens (tertiary/aromatic N) is 2.